The van der Waals surface area contributed by atoms with E-state index in [4.69, 9.17) is 5.11 Å². The van der Waals surface area contributed by atoms with Gasteiger partial charge in [0.05, 0.1) is 0 Å². The molecule has 1 aliphatic heterocycles. The zero-order valence-electron chi connectivity index (χ0n) is 9.50. The van der Waals surface area contributed by atoms with Gasteiger partial charge in [-0.25, -0.2) is 8.78 Å². The molecule has 1 atom stereocenters. The van der Waals surface area contributed by atoms with Gasteiger partial charge >= 0.3 is 0 Å². The molecule has 2 rings (SSSR count). The Balaban J connectivity index is 2.25. The molecule has 0 saturated carbocycles. The second-order valence-electron chi connectivity index (χ2n) is 4.33. The number of aliphatic hydroxyl groups is 1. The Hall–Kier alpha value is -1.01. The molecular formula is C12H12BrF2NO2. The average Bonchev–Trinajstić information content (AvgIpc) is 2.75. The fourth-order valence-corrected chi connectivity index (χ4v) is 2.47. The lowest BCUT2D eigenvalue weighted by atomic mass is 10.1. The molecule has 0 spiro atoms. The summed E-state index contributed by atoms with van der Waals surface area (Å²) >= 11 is 2.96. The predicted octanol–water partition coefficient (Wildman–Crippen LogP) is 2.18. The summed E-state index contributed by atoms with van der Waals surface area (Å²) in [5.41, 5.74) is -0.531. The average molecular weight is 320 g/mol. The number of likely N-dealkylation sites (tertiary alicyclic amines) is 1. The van der Waals surface area contributed by atoms with E-state index < -0.39 is 23.1 Å². The quantitative estimate of drug-likeness (QED) is 0.907. The lowest BCUT2D eigenvalue weighted by Crippen LogP contribution is -2.30. The molecule has 98 valence electrons. The molecule has 0 aliphatic carbocycles. The standard InChI is InChI=1S/C12H12BrF2NO2/c13-8-3-9(14)11(10(15)4-8)12(18)16-2-1-7(5-16)6-17/h3-4,7,17H,1-2,5-6H2. The maximum absolute atomic E-state index is 13.6. The smallest absolute Gasteiger partial charge is 0.259 e. The molecular weight excluding hydrogens is 308 g/mol. The van der Waals surface area contributed by atoms with E-state index in [0.29, 0.717) is 19.5 Å². The van der Waals surface area contributed by atoms with E-state index in [2.05, 4.69) is 15.9 Å². The van der Waals surface area contributed by atoms with Gasteiger partial charge in [-0.05, 0) is 18.6 Å². The molecule has 1 amide bonds. The second kappa shape index (κ2) is 5.32. The van der Waals surface area contributed by atoms with Crippen LogP contribution in [0.25, 0.3) is 0 Å². The van der Waals surface area contributed by atoms with Crippen molar-refractivity contribution in [3.8, 4) is 0 Å². The molecule has 0 bridgehead atoms. The Morgan fingerprint density at radius 1 is 1.44 bits per heavy atom. The van der Waals surface area contributed by atoms with Crippen molar-refractivity contribution in [2.24, 2.45) is 5.92 Å². The summed E-state index contributed by atoms with van der Waals surface area (Å²) in [5.74, 6) is -2.41. The molecule has 6 heteroatoms. The molecule has 1 N–H and O–H groups in total. The summed E-state index contributed by atoms with van der Waals surface area (Å²) in [6.45, 7) is 0.734. The van der Waals surface area contributed by atoms with Crippen LogP contribution in [0.2, 0.25) is 0 Å². The van der Waals surface area contributed by atoms with Gasteiger partial charge in [0, 0.05) is 30.1 Å². The van der Waals surface area contributed by atoms with E-state index in [1.807, 2.05) is 0 Å². The zero-order valence-corrected chi connectivity index (χ0v) is 11.1. The maximum atomic E-state index is 13.6. The van der Waals surface area contributed by atoms with Gasteiger partial charge in [-0.15, -0.1) is 0 Å². The van der Waals surface area contributed by atoms with Crippen molar-refractivity contribution in [2.75, 3.05) is 19.7 Å². The number of rotatable bonds is 2. The largest absolute Gasteiger partial charge is 0.396 e. The van der Waals surface area contributed by atoms with Crippen molar-refractivity contribution in [3.63, 3.8) is 0 Å². The van der Waals surface area contributed by atoms with Crippen LogP contribution >= 0.6 is 15.9 Å². The normalized spacial score (nSPS) is 19.3. The van der Waals surface area contributed by atoms with Crippen LogP contribution in [0, 0.1) is 17.6 Å². The molecule has 1 aromatic carbocycles. The van der Waals surface area contributed by atoms with Crippen molar-refractivity contribution >= 4 is 21.8 Å². The summed E-state index contributed by atoms with van der Waals surface area (Å²) in [6, 6.07) is 2.13. The first kappa shape index (κ1) is 13.4. The topological polar surface area (TPSA) is 40.5 Å². The van der Waals surface area contributed by atoms with Gasteiger partial charge in [-0.3, -0.25) is 4.79 Å². The van der Waals surface area contributed by atoms with Crippen molar-refractivity contribution in [3.05, 3.63) is 33.8 Å². The van der Waals surface area contributed by atoms with E-state index in [1.54, 1.807) is 0 Å². The van der Waals surface area contributed by atoms with Crippen LogP contribution in [0.3, 0.4) is 0 Å². The molecule has 1 heterocycles. The van der Waals surface area contributed by atoms with Crippen molar-refractivity contribution in [2.45, 2.75) is 6.42 Å². The molecule has 1 saturated heterocycles. The van der Waals surface area contributed by atoms with E-state index in [-0.39, 0.29) is 17.0 Å². The summed E-state index contributed by atoms with van der Waals surface area (Å²) in [7, 11) is 0. The molecule has 3 nitrogen and oxygen atoms in total. The first-order valence-electron chi connectivity index (χ1n) is 5.57. The van der Waals surface area contributed by atoms with Gasteiger partial charge in [0.25, 0.3) is 5.91 Å². The van der Waals surface area contributed by atoms with Crippen LogP contribution in [0.4, 0.5) is 8.78 Å². The third kappa shape index (κ3) is 2.54. The fourth-order valence-electron chi connectivity index (χ4n) is 2.07. The summed E-state index contributed by atoms with van der Waals surface area (Å²) in [6.07, 6.45) is 0.655. The first-order chi connectivity index (χ1) is 8.52. The number of hydrogen-bond acceptors (Lipinski definition) is 2. The molecule has 1 aliphatic rings. The minimum atomic E-state index is -0.876. The van der Waals surface area contributed by atoms with Crippen LogP contribution in [-0.4, -0.2) is 35.6 Å². The van der Waals surface area contributed by atoms with E-state index in [1.165, 1.54) is 4.90 Å². The van der Waals surface area contributed by atoms with Gasteiger partial charge in [0.1, 0.15) is 17.2 Å². The predicted molar refractivity (Wildman–Crippen MR) is 65.2 cm³/mol. The third-order valence-corrected chi connectivity index (χ3v) is 3.51. The number of aliphatic hydroxyl groups excluding tert-OH is 1. The molecule has 0 radical (unpaired) electrons. The summed E-state index contributed by atoms with van der Waals surface area (Å²) in [4.78, 5) is 13.4. The fraction of sp³-hybridized carbons (Fsp3) is 0.417. The Morgan fingerprint density at radius 3 is 2.56 bits per heavy atom. The Morgan fingerprint density at radius 2 is 2.06 bits per heavy atom. The second-order valence-corrected chi connectivity index (χ2v) is 5.25. The van der Waals surface area contributed by atoms with Gasteiger partial charge in [-0.2, -0.15) is 0 Å². The number of carbonyl (C=O) groups excluding carboxylic acids is 1. The van der Waals surface area contributed by atoms with Crippen molar-refractivity contribution in [1.82, 2.24) is 4.90 Å². The van der Waals surface area contributed by atoms with Crippen LogP contribution in [-0.2, 0) is 0 Å². The SMILES string of the molecule is O=C(c1c(F)cc(Br)cc1F)N1CCC(CO)C1. The maximum Gasteiger partial charge on any atom is 0.259 e. The number of carbonyl (C=O) groups is 1. The highest BCUT2D eigenvalue weighted by atomic mass is 79.9. The van der Waals surface area contributed by atoms with Gasteiger partial charge in [0.2, 0.25) is 0 Å². The first-order valence-corrected chi connectivity index (χ1v) is 6.37. The molecule has 1 aromatic rings. The highest BCUT2D eigenvalue weighted by Gasteiger charge is 2.29. The highest BCUT2D eigenvalue weighted by molar-refractivity contribution is 9.10. The van der Waals surface area contributed by atoms with Crippen LogP contribution in [0.5, 0.6) is 0 Å². The van der Waals surface area contributed by atoms with E-state index in [0.717, 1.165) is 12.1 Å². The van der Waals surface area contributed by atoms with Crippen LogP contribution < -0.4 is 0 Å². The zero-order chi connectivity index (χ0) is 13.3. The van der Waals surface area contributed by atoms with E-state index >= 15 is 0 Å². The number of hydrogen-bond donors (Lipinski definition) is 1. The minimum Gasteiger partial charge on any atom is -0.396 e. The van der Waals surface area contributed by atoms with Gasteiger partial charge in [0.15, 0.2) is 0 Å². The van der Waals surface area contributed by atoms with Crippen molar-refractivity contribution in [1.29, 1.82) is 0 Å². The van der Waals surface area contributed by atoms with Crippen molar-refractivity contribution < 1.29 is 18.7 Å². The molecule has 1 fully saturated rings. The minimum absolute atomic E-state index is 0.00415. The molecule has 1 unspecified atom stereocenters. The van der Waals surface area contributed by atoms with Crippen LogP contribution in [0.15, 0.2) is 16.6 Å². The van der Waals surface area contributed by atoms with Gasteiger partial charge < -0.3 is 10.0 Å². The highest BCUT2D eigenvalue weighted by Crippen LogP contribution is 2.24. The number of benzene rings is 1. The van der Waals surface area contributed by atoms with Gasteiger partial charge in [-0.1, -0.05) is 15.9 Å². The van der Waals surface area contributed by atoms with Crippen LogP contribution in [0.1, 0.15) is 16.8 Å². The summed E-state index contributed by atoms with van der Waals surface area (Å²) in [5, 5.41) is 8.99. The van der Waals surface area contributed by atoms with E-state index in [9.17, 15) is 13.6 Å². The Kier molecular flexibility index (Phi) is 3.97. The molecule has 0 aromatic heterocycles. The number of halogens is 3. The Labute approximate surface area is 112 Å². The lowest BCUT2D eigenvalue weighted by Gasteiger charge is -2.17. The monoisotopic (exact) mass is 319 g/mol. The number of nitrogens with zero attached hydrogens (tertiary/aromatic N) is 1. The molecule has 18 heavy (non-hydrogen) atoms. The lowest BCUT2D eigenvalue weighted by molar-refractivity contribution is 0.0772. The third-order valence-electron chi connectivity index (χ3n) is 3.05. The number of amides is 1. The summed E-state index contributed by atoms with van der Waals surface area (Å²) < 4.78 is 27.5. The Bertz CT molecular complexity index is 458.